The van der Waals surface area contributed by atoms with Crippen molar-refractivity contribution < 1.29 is 9.53 Å². The van der Waals surface area contributed by atoms with Gasteiger partial charge in [-0.25, -0.2) is 9.97 Å². The molecule has 0 saturated heterocycles. The van der Waals surface area contributed by atoms with Crippen LogP contribution in [0.1, 0.15) is 10.5 Å². The van der Waals surface area contributed by atoms with Gasteiger partial charge in [-0.15, -0.1) is 0 Å². The van der Waals surface area contributed by atoms with Gasteiger partial charge in [-0.05, 0) is 6.04 Å². The minimum atomic E-state index is -1.23. The van der Waals surface area contributed by atoms with E-state index in [0.29, 0.717) is 12.3 Å². The number of nitrogen functional groups attached to an aromatic ring is 1. The van der Waals surface area contributed by atoms with E-state index in [4.69, 9.17) is 10.5 Å². The van der Waals surface area contributed by atoms with Gasteiger partial charge in [0.15, 0.2) is 5.82 Å². The molecule has 1 amide bonds. The van der Waals surface area contributed by atoms with Gasteiger partial charge in [-0.1, -0.05) is 50.0 Å². The number of H-pyrrole nitrogens is 1. The first kappa shape index (κ1) is 21.5. The molecule has 10 heteroatoms. The Kier molecular flexibility index (Phi) is 6.48. The molecule has 0 bridgehead atoms. The van der Waals surface area contributed by atoms with Gasteiger partial charge < -0.3 is 25.3 Å². The molecule has 0 atom stereocenters. The van der Waals surface area contributed by atoms with E-state index in [1.54, 1.807) is 10.9 Å². The smallest absolute Gasteiger partial charge is 0.276 e. The SMILES string of the molecule is C[Si](C)(C)CCOCn1cnc(-c2ccccc2)c1C(=O)Nc1c(N)nc[nH]c1=O. The first-order valence-corrected chi connectivity index (χ1v) is 13.3. The number of nitrogens with zero attached hydrogens (tertiary/aromatic N) is 3. The molecule has 0 radical (unpaired) electrons. The fraction of sp³-hybridized carbons (Fsp3) is 0.300. The second kappa shape index (κ2) is 9.05. The molecule has 1 aromatic carbocycles. The predicted octanol–water partition coefficient (Wildman–Crippen LogP) is 2.78. The van der Waals surface area contributed by atoms with Gasteiger partial charge in [0.2, 0.25) is 0 Å². The molecule has 3 aromatic rings. The molecule has 2 heterocycles. The lowest BCUT2D eigenvalue weighted by molar-refractivity contribution is 0.0814. The monoisotopic (exact) mass is 426 g/mol. The van der Waals surface area contributed by atoms with Gasteiger partial charge in [0.25, 0.3) is 11.5 Å². The van der Waals surface area contributed by atoms with Crippen LogP contribution in [-0.4, -0.2) is 40.1 Å². The van der Waals surface area contributed by atoms with Crippen LogP contribution in [-0.2, 0) is 11.5 Å². The molecule has 0 fully saturated rings. The molecule has 30 heavy (non-hydrogen) atoms. The first-order chi connectivity index (χ1) is 14.3. The zero-order chi connectivity index (χ0) is 21.7. The van der Waals surface area contributed by atoms with Gasteiger partial charge in [0, 0.05) is 20.2 Å². The number of ether oxygens (including phenoxy) is 1. The third-order valence-electron chi connectivity index (χ3n) is 4.45. The van der Waals surface area contributed by atoms with Crippen molar-refractivity contribution in [2.24, 2.45) is 0 Å². The number of nitrogens with two attached hydrogens (primary N) is 1. The van der Waals surface area contributed by atoms with Crippen LogP contribution < -0.4 is 16.6 Å². The molecular formula is C20H26N6O3Si. The Hall–Kier alpha value is -3.24. The van der Waals surface area contributed by atoms with Crippen molar-refractivity contribution in [1.29, 1.82) is 0 Å². The Morgan fingerprint density at radius 1 is 1.23 bits per heavy atom. The zero-order valence-electron chi connectivity index (χ0n) is 17.3. The van der Waals surface area contributed by atoms with Gasteiger partial charge in [-0.3, -0.25) is 9.59 Å². The summed E-state index contributed by atoms with van der Waals surface area (Å²) in [7, 11) is -1.23. The topological polar surface area (TPSA) is 128 Å². The summed E-state index contributed by atoms with van der Waals surface area (Å²) in [5.74, 6) is -0.587. The minimum Gasteiger partial charge on any atom is -0.382 e. The number of hydrogen-bond acceptors (Lipinski definition) is 6. The highest BCUT2D eigenvalue weighted by molar-refractivity contribution is 6.76. The van der Waals surface area contributed by atoms with E-state index < -0.39 is 19.5 Å². The number of carbonyl (C=O) groups is 1. The number of hydrogen-bond donors (Lipinski definition) is 3. The van der Waals surface area contributed by atoms with E-state index in [-0.39, 0.29) is 23.9 Å². The number of aromatic amines is 1. The van der Waals surface area contributed by atoms with Crippen molar-refractivity contribution in [3.8, 4) is 11.3 Å². The van der Waals surface area contributed by atoms with Crippen molar-refractivity contribution in [3.05, 3.63) is 59.0 Å². The van der Waals surface area contributed by atoms with Crippen LogP contribution in [0.5, 0.6) is 0 Å². The summed E-state index contributed by atoms with van der Waals surface area (Å²) in [5, 5.41) is 2.57. The molecule has 0 aliphatic rings. The Bertz CT molecular complexity index is 1070. The van der Waals surface area contributed by atoms with Crippen LogP contribution >= 0.6 is 0 Å². The molecular weight excluding hydrogens is 400 g/mol. The number of carbonyl (C=O) groups excluding carboxylic acids is 1. The number of benzene rings is 1. The Balaban J connectivity index is 1.90. The van der Waals surface area contributed by atoms with Gasteiger partial charge in [0.1, 0.15) is 23.8 Å². The summed E-state index contributed by atoms with van der Waals surface area (Å²) in [4.78, 5) is 35.8. The zero-order valence-corrected chi connectivity index (χ0v) is 18.3. The van der Waals surface area contributed by atoms with E-state index in [1.807, 2.05) is 30.3 Å². The lowest BCUT2D eigenvalue weighted by Gasteiger charge is -2.16. The van der Waals surface area contributed by atoms with Crippen molar-refractivity contribution in [2.45, 2.75) is 32.4 Å². The second-order valence-electron chi connectivity index (χ2n) is 8.07. The normalized spacial score (nSPS) is 11.4. The van der Waals surface area contributed by atoms with Crippen LogP contribution in [0.25, 0.3) is 11.3 Å². The number of rotatable bonds is 8. The standard InChI is InChI=1S/C20H26N6O3Si/c1-30(2,3)10-9-29-13-26-12-24-15(14-7-5-4-6-8-14)17(26)20(28)25-16-18(21)22-11-23-19(16)27/h4-8,11-12H,9-10,13H2,1-3H3,(H,25,28)(H3,21,22,23,27). The summed E-state index contributed by atoms with van der Waals surface area (Å²) < 4.78 is 7.43. The van der Waals surface area contributed by atoms with Crippen LogP contribution in [0.2, 0.25) is 25.7 Å². The minimum absolute atomic E-state index is 0.0641. The quantitative estimate of drug-likeness (QED) is 0.375. The molecule has 0 unspecified atom stereocenters. The Labute approximate surface area is 175 Å². The van der Waals surface area contributed by atoms with E-state index in [1.165, 1.54) is 6.33 Å². The molecule has 3 rings (SSSR count). The van der Waals surface area contributed by atoms with Crippen LogP contribution in [0.15, 0.2) is 47.8 Å². The maximum atomic E-state index is 13.1. The highest BCUT2D eigenvalue weighted by Gasteiger charge is 2.22. The van der Waals surface area contributed by atoms with Crippen LogP contribution in [0.3, 0.4) is 0 Å². The molecule has 0 aliphatic heterocycles. The Morgan fingerprint density at radius 2 is 1.97 bits per heavy atom. The van der Waals surface area contributed by atoms with E-state index in [9.17, 15) is 9.59 Å². The molecule has 9 nitrogen and oxygen atoms in total. The molecule has 158 valence electrons. The Morgan fingerprint density at radius 3 is 2.63 bits per heavy atom. The average molecular weight is 427 g/mol. The lowest BCUT2D eigenvalue weighted by atomic mass is 10.1. The van der Waals surface area contributed by atoms with E-state index in [0.717, 1.165) is 11.6 Å². The third kappa shape index (κ3) is 5.22. The number of imidazole rings is 1. The number of anilines is 2. The third-order valence-corrected chi connectivity index (χ3v) is 6.15. The van der Waals surface area contributed by atoms with Crippen molar-refractivity contribution >= 4 is 25.5 Å². The molecule has 2 aromatic heterocycles. The second-order valence-corrected chi connectivity index (χ2v) is 13.7. The summed E-state index contributed by atoms with van der Waals surface area (Å²) in [6, 6.07) is 10.3. The van der Waals surface area contributed by atoms with Crippen LogP contribution in [0, 0.1) is 0 Å². The highest BCUT2D eigenvalue weighted by Crippen LogP contribution is 2.23. The van der Waals surface area contributed by atoms with E-state index >= 15 is 0 Å². The van der Waals surface area contributed by atoms with Gasteiger partial charge >= 0.3 is 0 Å². The maximum absolute atomic E-state index is 13.1. The van der Waals surface area contributed by atoms with Crippen molar-refractivity contribution in [2.75, 3.05) is 17.7 Å². The first-order valence-electron chi connectivity index (χ1n) is 9.59. The number of aromatic nitrogens is 4. The predicted molar refractivity (Wildman–Crippen MR) is 119 cm³/mol. The largest absolute Gasteiger partial charge is 0.382 e. The highest BCUT2D eigenvalue weighted by atomic mass is 28.3. The number of nitrogens with one attached hydrogen (secondary N) is 2. The van der Waals surface area contributed by atoms with Crippen molar-refractivity contribution in [3.63, 3.8) is 0 Å². The molecule has 0 spiro atoms. The number of amides is 1. The average Bonchev–Trinajstić information content (AvgIpc) is 3.12. The summed E-state index contributed by atoms with van der Waals surface area (Å²) in [5.41, 5.74) is 6.66. The van der Waals surface area contributed by atoms with Crippen LogP contribution in [0.4, 0.5) is 11.5 Å². The summed E-state index contributed by atoms with van der Waals surface area (Å²) in [6.45, 7) is 7.60. The fourth-order valence-electron chi connectivity index (χ4n) is 2.77. The fourth-order valence-corrected chi connectivity index (χ4v) is 3.53. The van der Waals surface area contributed by atoms with E-state index in [2.05, 4.69) is 39.9 Å². The van der Waals surface area contributed by atoms with Gasteiger partial charge in [0.05, 0.1) is 12.7 Å². The summed E-state index contributed by atoms with van der Waals surface area (Å²) >= 11 is 0. The maximum Gasteiger partial charge on any atom is 0.276 e. The molecule has 4 N–H and O–H groups in total. The van der Waals surface area contributed by atoms with Crippen molar-refractivity contribution in [1.82, 2.24) is 19.5 Å². The van der Waals surface area contributed by atoms with Gasteiger partial charge in [-0.2, -0.15) is 0 Å². The molecule has 0 aliphatic carbocycles. The molecule has 0 saturated carbocycles. The summed E-state index contributed by atoms with van der Waals surface area (Å²) in [6.07, 6.45) is 2.74. The lowest BCUT2D eigenvalue weighted by Crippen LogP contribution is -2.25.